The second-order valence-corrected chi connectivity index (χ2v) is 6.86. The number of aliphatic carboxylic acids is 1. The first kappa shape index (κ1) is 14.8. The molecule has 1 unspecified atom stereocenters. The maximum Gasteiger partial charge on any atom is 0.320 e. The largest absolute Gasteiger partial charge is 0.480 e. The zero-order chi connectivity index (χ0) is 14.8. The molecule has 1 aromatic heterocycles. The van der Waals surface area contributed by atoms with Crippen LogP contribution in [0.15, 0.2) is 5.16 Å². The SMILES string of the molecule is CCNC(CCSc1nnc(C2CC2)n1C1CC1)C(=O)O. The van der Waals surface area contributed by atoms with Gasteiger partial charge in [0.25, 0.3) is 0 Å². The summed E-state index contributed by atoms with van der Waals surface area (Å²) in [6, 6.07) is 0.116. The van der Waals surface area contributed by atoms with Crippen LogP contribution >= 0.6 is 11.8 Å². The zero-order valence-electron chi connectivity index (χ0n) is 12.3. The predicted molar refractivity (Wildman–Crippen MR) is 80.7 cm³/mol. The van der Waals surface area contributed by atoms with Gasteiger partial charge in [0.1, 0.15) is 11.9 Å². The highest BCUT2D eigenvalue weighted by Gasteiger charge is 2.36. The number of likely N-dealkylation sites (N-methyl/N-ethyl adjacent to an activating group) is 1. The van der Waals surface area contributed by atoms with Crippen LogP contribution in [-0.4, -0.2) is 44.2 Å². The van der Waals surface area contributed by atoms with Gasteiger partial charge in [0.15, 0.2) is 5.16 Å². The normalized spacial score (nSPS) is 19.7. The van der Waals surface area contributed by atoms with Crippen molar-refractivity contribution in [1.82, 2.24) is 20.1 Å². The zero-order valence-corrected chi connectivity index (χ0v) is 13.1. The van der Waals surface area contributed by atoms with E-state index in [1.54, 1.807) is 11.8 Å². The summed E-state index contributed by atoms with van der Waals surface area (Å²) in [5.41, 5.74) is 0. The molecule has 0 saturated heterocycles. The fourth-order valence-electron chi connectivity index (χ4n) is 2.51. The maximum atomic E-state index is 11.1. The number of carboxylic acid groups (broad SMARTS) is 1. The van der Waals surface area contributed by atoms with E-state index >= 15 is 0 Å². The smallest absolute Gasteiger partial charge is 0.320 e. The molecule has 1 heterocycles. The number of hydrogen-bond acceptors (Lipinski definition) is 5. The van der Waals surface area contributed by atoms with Crippen LogP contribution in [0.25, 0.3) is 0 Å². The number of aromatic nitrogens is 3. The summed E-state index contributed by atoms with van der Waals surface area (Å²) in [6.07, 6.45) is 5.51. The molecule has 2 aliphatic rings. The van der Waals surface area contributed by atoms with Crippen molar-refractivity contribution < 1.29 is 9.90 Å². The molecule has 3 rings (SSSR count). The third-order valence-corrected chi connectivity index (χ3v) is 4.91. The molecule has 21 heavy (non-hydrogen) atoms. The molecule has 2 N–H and O–H groups in total. The van der Waals surface area contributed by atoms with Gasteiger partial charge < -0.3 is 15.0 Å². The molecule has 2 fully saturated rings. The van der Waals surface area contributed by atoms with E-state index in [9.17, 15) is 4.79 Å². The average molecular weight is 310 g/mol. The highest BCUT2D eigenvalue weighted by atomic mass is 32.2. The van der Waals surface area contributed by atoms with Crippen molar-refractivity contribution in [3.05, 3.63) is 5.82 Å². The van der Waals surface area contributed by atoms with Crippen LogP contribution in [0.2, 0.25) is 0 Å². The van der Waals surface area contributed by atoms with E-state index in [1.807, 2.05) is 6.92 Å². The number of rotatable bonds is 9. The minimum atomic E-state index is -0.778. The Labute approximate surface area is 128 Å². The van der Waals surface area contributed by atoms with Crippen LogP contribution < -0.4 is 5.32 Å². The molecule has 2 aliphatic carbocycles. The van der Waals surface area contributed by atoms with Crippen molar-refractivity contribution in [2.24, 2.45) is 0 Å². The Balaban J connectivity index is 1.59. The average Bonchev–Trinajstić information content (AvgIpc) is 3.37. The van der Waals surface area contributed by atoms with Gasteiger partial charge in [0, 0.05) is 17.7 Å². The van der Waals surface area contributed by atoms with Crippen LogP contribution in [0.4, 0.5) is 0 Å². The number of hydrogen-bond donors (Lipinski definition) is 2. The van der Waals surface area contributed by atoms with E-state index in [0.717, 1.165) is 16.7 Å². The van der Waals surface area contributed by atoms with Crippen molar-refractivity contribution in [3.63, 3.8) is 0 Å². The van der Waals surface area contributed by atoms with E-state index in [4.69, 9.17) is 5.11 Å². The summed E-state index contributed by atoms with van der Waals surface area (Å²) >= 11 is 1.64. The Kier molecular flexibility index (Phi) is 4.49. The van der Waals surface area contributed by atoms with Gasteiger partial charge in [-0.3, -0.25) is 4.79 Å². The number of nitrogens with one attached hydrogen (secondary N) is 1. The Bertz CT molecular complexity index is 511. The minimum Gasteiger partial charge on any atom is -0.480 e. The molecule has 0 spiro atoms. The van der Waals surface area contributed by atoms with Gasteiger partial charge in [-0.15, -0.1) is 10.2 Å². The second-order valence-electron chi connectivity index (χ2n) is 5.80. The molecule has 1 aromatic rings. The second kappa shape index (κ2) is 6.36. The Morgan fingerprint density at radius 1 is 1.43 bits per heavy atom. The van der Waals surface area contributed by atoms with E-state index in [0.29, 0.717) is 24.9 Å². The molecule has 0 aromatic carbocycles. The lowest BCUT2D eigenvalue weighted by Crippen LogP contribution is -2.36. The molecule has 7 heteroatoms. The van der Waals surface area contributed by atoms with Crippen molar-refractivity contribution in [2.45, 2.75) is 62.2 Å². The Morgan fingerprint density at radius 3 is 2.76 bits per heavy atom. The molecule has 2 saturated carbocycles. The van der Waals surface area contributed by atoms with E-state index in [-0.39, 0.29) is 0 Å². The van der Waals surface area contributed by atoms with Crippen LogP contribution in [-0.2, 0) is 4.79 Å². The summed E-state index contributed by atoms with van der Waals surface area (Å²) in [6.45, 7) is 2.60. The first-order valence-electron chi connectivity index (χ1n) is 7.74. The molecule has 0 radical (unpaired) electrons. The van der Waals surface area contributed by atoms with Crippen molar-refractivity contribution in [3.8, 4) is 0 Å². The molecule has 0 amide bonds. The standard InChI is InChI=1S/C14H22N4O2S/c1-2-15-11(13(19)20)7-8-21-14-17-16-12(9-3-4-9)18(14)10-5-6-10/h9-11,15H,2-8H2,1H3,(H,19,20). The predicted octanol–water partition coefficient (Wildman–Crippen LogP) is 2.04. The molecule has 6 nitrogen and oxygen atoms in total. The van der Waals surface area contributed by atoms with Gasteiger partial charge in [-0.1, -0.05) is 18.7 Å². The molecular formula is C14H22N4O2S. The lowest BCUT2D eigenvalue weighted by atomic mass is 10.2. The highest BCUT2D eigenvalue weighted by Crippen LogP contribution is 2.46. The third-order valence-electron chi connectivity index (χ3n) is 3.93. The summed E-state index contributed by atoms with van der Waals surface area (Å²) in [4.78, 5) is 11.1. The lowest BCUT2D eigenvalue weighted by molar-refractivity contribution is -0.139. The summed E-state index contributed by atoms with van der Waals surface area (Å²) in [7, 11) is 0. The number of carbonyl (C=O) groups is 1. The summed E-state index contributed by atoms with van der Waals surface area (Å²) in [5.74, 6) is 1.74. The first-order chi connectivity index (χ1) is 10.2. The lowest BCUT2D eigenvalue weighted by Gasteiger charge is -2.13. The first-order valence-corrected chi connectivity index (χ1v) is 8.73. The number of thioether (sulfide) groups is 1. The number of carboxylic acids is 1. The van der Waals surface area contributed by atoms with E-state index < -0.39 is 12.0 Å². The van der Waals surface area contributed by atoms with Crippen LogP contribution in [0.1, 0.15) is 56.8 Å². The van der Waals surface area contributed by atoms with E-state index in [2.05, 4.69) is 20.1 Å². The monoisotopic (exact) mass is 310 g/mol. The van der Waals surface area contributed by atoms with Gasteiger partial charge in [0.05, 0.1) is 0 Å². The maximum absolute atomic E-state index is 11.1. The molecule has 0 bridgehead atoms. The minimum absolute atomic E-state index is 0.470. The van der Waals surface area contributed by atoms with Gasteiger partial charge in [-0.25, -0.2) is 0 Å². The van der Waals surface area contributed by atoms with E-state index in [1.165, 1.54) is 25.7 Å². The fourth-order valence-corrected chi connectivity index (χ4v) is 3.53. The highest BCUT2D eigenvalue weighted by molar-refractivity contribution is 7.99. The van der Waals surface area contributed by atoms with Crippen molar-refractivity contribution in [1.29, 1.82) is 0 Å². The van der Waals surface area contributed by atoms with Crippen molar-refractivity contribution in [2.75, 3.05) is 12.3 Å². The Morgan fingerprint density at radius 2 is 2.19 bits per heavy atom. The summed E-state index contributed by atoms with van der Waals surface area (Å²) in [5, 5.41) is 21.8. The topological polar surface area (TPSA) is 80.0 Å². The Hall–Kier alpha value is -1.08. The van der Waals surface area contributed by atoms with Crippen molar-refractivity contribution >= 4 is 17.7 Å². The molecule has 1 atom stereocenters. The van der Waals surface area contributed by atoms with Crippen LogP contribution in [0.5, 0.6) is 0 Å². The van der Waals surface area contributed by atoms with Crippen LogP contribution in [0.3, 0.4) is 0 Å². The fraction of sp³-hybridized carbons (Fsp3) is 0.786. The van der Waals surface area contributed by atoms with Gasteiger partial charge in [-0.2, -0.15) is 0 Å². The number of nitrogens with zero attached hydrogens (tertiary/aromatic N) is 3. The van der Waals surface area contributed by atoms with Gasteiger partial charge in [-0.05, 0) is 38.6 Å². The summed E-state index contributed by atoms with van der Waals surface area (Å²) < 4.78 is 2.31. The molecular weight excluding hydrogens is 288 g/mol. The molecule has 116 valence electrons. The molecule has 0 aliphatic heterocycles. The van der Waals surface area contributed by atoms with Gasteiger partial charge in [0.2, 0.25) is 0 Å². The third kappa shape index (κ3) is 3.58. The van der Waals surface area contributed by atoms with Crippen LogP contribution in [0, 0.1) is 0 Å². The van der Waals surface area contributed by atoms with Gasteiger partial charge >= 0.3 is 5.97 Å². The quantitative estimate of drug-likeness (QED) is 0.679.